The van der Waals surface area contributed by atoms with Crippen molar-refractivity contribution in [2.75, 3.05) is 7.11 Å². The molecule has 19 heavy (non-hydrogen) atoms. The van der Waals surface area contributed by atoms with E-state index in [0.29, 0.717) is 22.6 Å². The van der Waals surface area contributed by atoms with Crippen LogP contribution in [0.5, 0.6) is 11.5 Å². The zero-order valence-electron chi connectivity index (χ0n) is 10.6. The van der Waals surface area contributed by atoms with Crippen molar-refractivity contribution >= 4 is 5.97 Å². The van der Waals surface area contributed by atoms with Gasteiger partial charge in [-0.25, -0.2) is 9.18 Å². The van der Waals surface area contributed by atoms with Crippen molar-refractivity contribution in [3.8, 4) is 11.5 Å². The van der Waals surface area contributed by atoms with Crippen molar-refractivity contribution < 1.29 is 18.7 Å². The molecular formula is C15H13FO3. The number of carbonyl (C=O) groups is 1. The molecular weight excluding hydrogens is 247 g/mol. The zero-order chi connectivity index (χ0) is 13.8. The molecule has 2 rings (SSSR count). The maximum atomic E-state index is 13.0. The van der Waals surface area contributed by atoms with Crippen molar-refractivity contribution in [3.63, 3.8) is 0 Å². The SMILES string of the molecule is COC(=O)c1ccc(Oc2ccc(F)cc2C)cc1. The Morgan fingerprint density at radius 1 is 1.11 bits per heavy atom. The van der Waals surface area contributed by atoms with Gasteiger partial charge in [-0.2, -0.15) is 0 Å². The van der Waals surface area contributed by atoms with Crippen LogP contribution in [0.25, 0.3) is 0 Å². The van der Waals surface area contributed by atoms with Crippen LogP contribution in [0, 0.1) is 12.7 Å². The molecule has 0 spiro atoms. The van der Waals surface area contributed by atoms with Crippen molar-refractivity contribution in [2.24, 2.45) is 0 Å². The van der Waals surface area contributed by atoms with Crippen LogP contribution in [-0.4, -0.2) is 13.1 Å². The first kappa shape index (κ1) is 13.1. The first-order valence-corrected chi connectivity index (χ1v) is 5.72. The second-order valence-corrected chi connectivity index (χ2v) is 4.03. The van der Waals surface area contributed by atoms with Crippen LogP contribution in [0.4, 0.5) is 4.39 Å². The second-order valence-electron chi connectivity index (χ2n) is 4.03. The van der Waals surface area contributed by atoms with Crippen LogP contribution in [0.15, 0.2) is 42.5 Å². The molecule has 98 valence electrons. The van der Waals surface area contributed by atoms with Crippen LogP contribution in [0.3, 0.4) is 0 Å². The summed E-state index contributed by atoms with van der Waals surface area (Å²) in [5.74, 6) is 0.449. The molecule has 0 aliphatic heterocycles. The second kappa shape index (κ2) is 5.52. The largest absolute Gasteiger partial charge is 0.465 e. The van der Waals surface area contributed by atoms with Gasteiger partial charge in [0.25, 0.3) is 0 Å². The predicted octanol–water partition coefficient (Wildman–Crippen LogP) is 3.71. The molecule has 2 aromatic rings. The highest BCUT2D eigenvalue weighted by Gasteiger charge is 2.06. The fraction of sp³-hybridized carbons (Fsp3) is 0.133. The monoisotopic (exact) mass is 260 g/mol. The van der Waals surface area contributed by atoms with E-state index < -0.39 is 5.97 Å². The van der Waals surface area contributed by atoms with E-state index in [1.54, 1.807) is 37.3 Å². The Balaban J connectivity index is 2.17. The maximum Gasteiger partial charge on any atom is 0.337 e. The van der Waals surface area contributed by atoms with Crippen molar-refractivity contribution in [1.82, 2.24) is 0 Å². The quantitative estimate of drug-likeness (QED) is 0.789. The molecule has 0 atom stereocenters. The third kappa shape index (κ3) is 3.10. The molecule has 3 nitrogen and oxygen atoms in total. The smallest absolute Gasteiger partial charge is 0.337 e. The summed E-state index contributed by atoms with van der Waals surface area (Å²) in [4.78, 5) is 11.3. The highest BCUT2D eigenvalue weighted by molar-refractivity contribution is 5.89. The van der Waals surface area contributed by atoms with Gasteiger partial charge in [0.05, 0.1) is 12.7 Å². The van der Waals surface area contributed by atoms with Crippen molar-refractivity contribution in [3.05, 3.63) is 59.4 Å². The Bertz CT molecular complexity index is 591. The van der Waals surface area contributed by atoms with Gasteiger partial charge in [-0.1, -0.05) is 0 Å². The lowest BCUT2D eigenvalue weighted by Crippen LogP contribution is -2.00. The Kier molecular flexibility index (Phi) is 3.80. The van der Waals surface area contributed by atoms with Crippen LogP contribution in [0.1, 0.15) is 15.9 Å². The fourth-order valence-electron chi connectivity index (χ4n) is 1.63. The molecule has 0 radical (unpaired) electrons. The maximum absolute atomic E-state index is 13.0. The number of ether oxygens (including phenoxy) is 2. The van der Waals surface area contributed by atoms with Crippen LogP contribution < -0.4 is 4.74 Å². The number of halogens is 1. The van der Waals surface area contributed by atoms with Gasteiger partial charge in [0.15, 0.2) is 0 Å². The molecule has 0 saturated carbocycles. The number of carbonyl (C=O) groups excluding carboxylic acids is 1. The fourth-order valence-corrected chi connectivity index (χ4v) is 1.63. The van der Waals surface area contributed by atoms with Crippen molar-refractivity contribution in [2.45, 2.75) is 6.92 Å². The summed E-state index contributed by atoms with van der Waals surface area (Å²) in [5.41, 5.74) is 1.16. The minimum Gasteiger partial charge on any atom is -0.465 e. The summed E-state index contributed by atoms with van der Waals surface area (Å²) in [7, 11) is 1.33. The lowest BCUT2D eigenvalue weighted by Gasteiger charge is -2.09. The molecule has 0 unspecified atom stereocenters. The molecule has 0 fully saturated rings. The average molecular weight is 260 g/mol. The first-order chi connectivity index (χ1) is 9.10. The molecule has 2 aromatic carbocycles. The molecule has 0 N–H and O–H groups in total. The Morgan fingerprint density at radius 2 is 1.79 bits per heavy atom. The highest BCUT2D eigenvalue weighted by atomic mass is 19.1. The van der Waals surface area contributed by atoms with Crippen molar-refractivity contribution in [1.29, 1.82) is 0 Å². The lowest BCUT2D eigenvalue weighted by atomic mass is 10.2. The van der Waals surface area contributed by atoms with E-state index in [1.165, 1.54) is 19.2 Å². The molecule has 0 heterocycles. The van der Waals surface area contributed by atoms with Gasteiger partial charge < -0.3 is 9.47 Å². The van der Waals surface area contributed by atoms with E-state index >= 15 is 0 Å². The number of methoxy groups -OCH3 is 1. The summed E-state index contributed by atoms with van der Waals surface area (Å²) < 4.78 is 23.2. The van der Waals surface area contributed by atoms with Gasteiger partial charge in [-0.15, -0.1) is 0 Å². The van der Waals surface area contributed by atoms with E-state index in [4.69, 9.17) is 4.74 Å². The molecule has 0 bridgehead atoms. The number of benzene rings is 2. The Hall–Kier alpha value is -2.36. The normalized spacial score (nSPS) is 10.1. The minimum atomic E-state index is -0.399. The summed E-state index contributed by atoms with van der Waals surface area (Å²) in [6.45, 7) is 1.77. The summed E-state index contributed by atoms with van der Waals surface area (Å²) in [5, 5.41) is 0. The van der Waals surface area contributed by atoms with Gasteiger partial charge in [0.1, 0.15) is 17.3 Å². The molecule has 4 heteroatoms. The van der Waals surface area contributed by atoms with E-state index in [1.807, 2.05) is 0 Å². The van der Waals surface area contributed by atoms with E-state index in [2.05, 4.69) is 4.74 Å². The van der Waals surface area contributed by atoms with Crippen LogP contribution in [-0.2, 0) is 4.74 Å². The van der Waals surface area contributed by atoms with Crippen LogP contribution in [0.2, 0.25) is 0 Å². The summed E-state index contributed by atoms with van der Waals surface area (Å²) in [6.07, 6.45) is 0. The number of hydrogen-bond donors (Lipinski definition) is 0. The predicted molar refractivity (Wildman–Crippen MR) is 69.0 cm³/mol. The minimum absolute atomic E-state index is 0.300. The summed E-state index contributed by atoms with van der Waals surface area (Å²) >= 11 is 0. The number of rotatable bonds is 3. The number of esters is 1. The van der Waals surface area contributed by atoms with Gasteiger partial charge in [0, 0.05) is 0 Å². The summed E-state index contributed by atoms with van der Waals surface area (Å²) in [6, 6.07) is 10.9. The molecule has 0 amide bonds. The van der Waals surface area contributed by atoms with E-state index in [9.17, 15) is 9.18 Å². The topological polar surface area (TPSA) is 35.5 Å². The van der Waals surface area contributed by atoms with E-state index in [0.717, 1.165) is 0 Å². The molecule has 0 aliphatic rings. The molecule has 0 saturated heterocycles. The number of aryl methyl sites for hydroxylation is 1. The van der Waals surface area contributed by atoms with Gasteiger partial charge in [-0.3, -0.25) is 0 Å². The lowest BCUT2D eigenvalue weighted by molar-refractivity contribution is 0.0600. The van der Waals surface area contributed by atoms with Crippen LogP contribution >= 0.6 is 0 Å². The standard InChI is InChI=1S/C15H13FO3/c1-10-9-12(16)5-8-14(10)19-13-6-3-11(4-7-13)15(17)18-2/h3-9H,1-2H3. The molecule has 0 aromatic heterocycles. The zero-order valence-corrected chi connectivity index (χ0v) is 10.6. The van der Waals surface area contributed by atoms with E-state index in [-0.39, 0.29) is 5.82 Å². The number of hydrogen-bond acceptors (Lipinski definition) is 3. The molecule has 0 aliphatic carbocycles. The van der Waals surface area contributed by atoms with Gasteiger partial charge in [-0.05, 0) is 55.0 Å². The Labute approximate surface area is 110 Å². The van der Waals surface area contributed by atoms with Gasteiger partial charge in [0.2, 0.25) is 0 Å². The third-order valence-corrected chi connectivity index (χ3v) is 2.64. The average Bonchev–Trinajstić information content (AvgIpc) is 2.42. The highest BCUT2D eigenvalue weighted by Crippen LogP contribution is 2.25. The Morgan fingerprint density at radius 3 is 2.37 bits per heavy atom. The first-order valence-electron chi connectivity index (χ1n) is 5.72. The third-order valence-electron chi connectivity index (χ3n) is 2.64. The van der Waals surface area contributed by atoms with Gasteiger partial charge >= 0.3 is 5.97 Å².